The summed E-state index contributed by atoms with van der Waals surface area (Å²) in [5.74, 6) is 0.246. The van der Waals surface area contributed by atoms with Crippen LogP contribution in [0.1, 0.15) is 35.9 Å². The molecule has 0 aliphatic carbocycles. The molecule has 1 aliphatic heterocycles. The van der Waals surface area contributed by atoms with Crippen LogP contribution in [0, 0.1) is 0 Å². The van der Waals surface area contributed by atoms with Crippen LogP contribution in [0.25, 0.3) is 0 Å². The summed E-state index contributed by atoms with van der Waals surface area (Å²) in [7, 11) is 0. The summed E-state index contributed by atoms with van der Waals surface area (Å²) in [4.78, 5) is 15.2. The van der Waals surface area contributed by atoms with Crippen LogP contribution in [0.2, 0.25) is 0 Å². The Morgan fingerprint density at radius 3 is 3.06 bits per heavy atom. The molecule has 0 aromatic carbocycles. The van der Waals surface area contributed by atoms with E-state index in [0.29, 0.717) is 12.6 Å². The summed E-state index contributed by atoms with van der Waals surface area (Å²) in [5, 5.41) is 1.96. The lowest BCUT2D eigenvalue weighted by atomic mass is 10.0. The van der Waals surface area contributed by atoms with E-state index < -0.39 is 0 Å². The highest BCUT2D eigenvalue weighted by Crippen LogP contribution is 2.24. The van der Waals surface area contributed by atoms with Gasteiger partial charge in [0, 0.05) is 10.5 Å². The van der Waals surface area contributed by atoms with Gasteiger partial charge in [-0.25, -0.2) is 0 Å². The van der Waals surface area contributed by atoms with E-state index in [1.54, 1.807) is 0 Å². The Balaban J connectivity index is 1.99. The second-order valence-corrected chi connectivity index (χ2v) is 6.11. The van der Waals surface area contributed by atoms with Crippen molar-refractivity contribution in [3.05, 3.63) is 20.8 Å². The smallest absolute Gasteiger partial charge is 0.187 e. The van der Waals surface area contributed by atoms with Crippen molar-refractivity contribution in [2.24, 2.45) is 0 Å². The molecule has 0 bridgehead atoms. The number of likely N-dealkylation sites (tertiary alicyclic amines) is 1. The quantitative estimate of drug-likeness (QED) is 0.796. The summed E-state index contributed by atoms with van der Waals surface area (Å²) in [6.07, 6.45) is 3.75. The van der Waals surface area contributed by atoms with Crippen LogP contribution >= 0.6 is 27.3 Å². The molecule has 16 heavy (non-hydrogen) atoms. The summed E-state index contributed by atoms with van der Waals surface area (Å²) in [6, 6.07) is 2.49. The zero-order chi connectivity index (χ0) is 11.5. The number of rotatable bonds is 3. The van der Waals surface area contributed by atoms with Gasteiger partial charge in [-0.3, -0.25) is 9.69 Å². The molecular formula is C12H16BrNOS. The monoisotopic (exact) mass is 301 g/mol. The van der Waals surface area contributed by atoms with Crippen LogP contribution in [0.5, 0.6) is 0 Å². The van der Waals surface area contributed by atoms with E-state index in [1.165, 1.54) is 30.6 Å². The number of ketones is 1. The Bertz CT molecular complexity index is 377. The SMILES string of the molecule is CC1CCCCN1CC(=O)c1sccc1Br. The molecule has 1 fully saturated rings. The maximum atomic E-state index is 12.1. The van der Waals surface area contributed by atoms with Gasteiger partial charge in [0.05, 0.1) is 11.4 Å². The van der Waals surface area contributed by atoms with Gasteiger partial charge < -0.3 is 0 Å². The van der Waals surface area contributed by atoms with E-state index in [2.05, 4.69) is 27.8 Å². The molecule has 0 N–H and O–H groups in total. The molecule has 2 heterocycles. The van der Waals surface area contributed by atoms with Crippen LogP contribution in [0.15, 0.2) is 15.9 Å². The van der Waals surface area contributed by atoms with Gasteiger partial charge >= 0.3 is 0 Å². The van der Waals surface area contributed by atoms with Crippen molar-refractivity contribution in [2.75, 3.05) is 13.1 Å². The Hall–Kier alpha value is -0.190. The molecule has 1 unspecified atom stereocenters. The van der Waals surface area contributed by atoms with Crippen LogP contribution in [-0.2, 0) is 0 Å². The average molecular weight is 302 g/mol. The van der Waals surface area contributed by atoms with E-state index in [1.807, 2.05) is 11.4 Å². The lowest BCUT2D eigenvalue weighted by molar-refractivity contribution is 0.0863. The summed E-state index contributed by atoms with van der Waals surface area (Å²) >= 11 is 4.94. The number of Topliss-reactive ketones (excluding diaryl/α,β-unsaturated/α-hetero) is 1. The van der Waals surface area contributed by atoms with Crippen molar-refractivity contribution < 1.29 is 4.79 Å². The van der Waals surface area contributed by atoms with E-state index in [-0.39, 0.29) is 5.78 Å². The van der Waals surface area contributed by atoms with Crippen molar-refractivity contribution >= 4 is 33.0 Å². The summed E-state index contributed by atoms with van der Waals surface area (Å²) in [6.45, 7) is 3.85. The fourth-order valence-corrected chi connectivity index (χ4v) is 3.67. The molecule has 0 radical (unpaired) electrons. The van der Waals surface area contributed by atoms with Crippen molar-refractivity contribution in [2.45, 2.75) is 32.2 Å². The standard InChI is InChI=1S/C12H16BrNOS/c1-9-4-2-3-6-14(9)8-11(15)12-10(13)5-7-16-12/h5,7,9H,2-4,6,8H2,1H3. The van der Waals surface area contributed by atoms with E-state index in [9.17, 15) is 4.79 Å². The zero-order valence-electron chi connectivity index (χ0n) is 9.41. The first-order chi connectivity index (χ1) is 7.68. The minimum absolute atomic E-state index is 0.246. The molecule has 0 amide bonds. The Morgan fingerprint density at radius 2 is 2.44 bits per heavy atom. The number of nitrogens with zero attached hydrogens (tertiary/aromatic N) is 1. The van der Waals surface area contributed by atoms with Gasteiger partial charge in [0.15, 0.2) is 5.78 Å². The third-order valence-corrected chi connectivity index (χ3v) is 5.04. The minimum atomic E-state index is 0.246. The first-order valence-electron chi connectivity index (χ1n) is 5.68. The summed E-state index contributed by atoms with van der Waals surface area (Å²) in [5.41, 5.74) is 0. The number of halogens is 1. The fourth-order valence-electron chi connectivity index (χ4n) is 2.14. The Labute approximate surface area is 109 Å². The van der Waals surface area contributed by atoms with E-state index >= 15 is 0 Å². The van der Waals surface area contributed by atoms with Crippen LogP contribution < -0.4 is 0 Å². The van der Waals surface area contributed by atoms with E-state index in [0.717, 1.165) is 15.9 Å². The largest absolute Gasteiger partial charge is 0.293 e. The molecule has 1 atom stereocenters. The normalized spacial score (nSPS) is 22.2. The van der Waals surface area contributed by atoms with Crippen molar-refractivity contribution in [3.63, 3.8) is 0 Å². The Kier molecular flexibility index (Phi) is 4.16. The molecule has 4 heteroatoms. The molecule has 2 rings (SSSR count). The maximum absolute atomic E-state index is 12.1. The van der Waals surface area contributed by atoms with Gasteiger partial charge in [-0.1, -0.05) is 6.42 Å². The van der Waals surface area contributed by atoms with Gasteiger partial charge in [0.2, 0.25) is 0 Å². The first kappa shape index (κ1) is 12.3. The van der Waals surface area contributed by atoms with Gasteiger partial charge in [0.25, 0.3) is 0 Å². The number of thiophene rings is 1. The third-order valence-electron chi connectivity index (χ3n) is 3.16. The first-order valence-corrected chi connectivity index (χ1v) is 7.36. The molecule has 1 aliphatic rings. The molecule has 1 aromatic heterocycles. The third kappa shape index (κ3) is 2.73. The average Bonchev–Trinajstić information content (AvgIpc) is 2.68. The summed E-state index contributed by atoms with van der Waals surface area (Å²) < 4.78 is 0.937. The molecule has 0 saturated carbocycles. The number of carbonyl (C=O) groups excluding carboxylic acids is 1. The van der Waals surface area contributed by atoms with Crippen LogP contribution in [0.3, 0.4) is 0 Å². The highest BCUT2D eigenvalue weighted by Gasteiger charge is 2.22. The fraction of sp³-hybridized carbons (Fsp3) is 0.583. The van der Waals surface area contributed by atoms with Crippen LogP contribution in [0.4, 0.5) is 0 Å². The predicted molar refractivity (Wildman–Crippen MR) is 71.2 cm³/mol. The van der Waals surface area contributed by atoms with Gasteiger partial charge in [0.1, 0.15) is 0 Å². The molecule has 0 spiro atoms. The van der Waals surface area contributed by atoms with Crippen molar-refractivity contribution in [3.8, 4) is 0 Å². The predicted octanol–water partition coefficient (Wildman–Crippen LogP) is 3.57. The topological polar surface area (TPSA) is 20.3 Å². The highest BCUT2D eigenvalue weighted by atomic mass is 79.9. The molecule has 88 valence electrons. The highest BCUT2D eigenvalue weighted by molar-refractivity contribution is 9.10. The molecule has 1 saturated heterocycles. The van der Waals surface area contributed by atoms with Crippen LogP contribution in [-0.4, -0.2) is 29.8 Å². The van der Waals surface area contributed by atoms with Gasteiger partial charge in [-0.2, -0.15) is 0 Å². The maximum Gasteiger partial charge on any atom is 0.187 e. The van der Waals surface area contributed by atoms with Crippen molar-refractivity contribution in [1.29, 1.82) is 0 Å². The van der Waals surface area contributed by atoms with Gasteiger partial charge in [-0.05, 0) is 53.7 Å². The number of carbonyl (C=O) groups is 1. The molecular weight excluding hydrogens is 286 g/mol. The number of piperidine rings is 1. The Morgan fingerprint density at radius 1 is 1.62 bits per heavy atom. The minimum Gasteiger partial charge on any atom is -0.293 e. The number of hydrogen-bond acceptors (Lipinski definition) is 3. The van der Waals surface area contributed by atoms with Crippen molar-refractivity contribution in [1.82, 2.24) is 4.90 Å². The second kappa shape index (κ2) is 5.43. The molecule has 1 aromatic rings. The second-order valence-electron chi connectivity index (χ2n) is 4.34. The lowest BCUT2D eigenvalue weighted by Gasteiger charge is -2.32. The lowest BCUT2D eigenvalue weighted by Crippen LogP contribution is -2.40. The van der Waals surface area contributed by atoms with E-state index in [4.69, 9.17) is 0 Å². The molecule has 2 nitrogen and oxygen atoms in total. The van der Waals surface area contributed by atoms with Gasteiger partial charge in [-0.15, -0.1) is 11.3 Å². The zero-order valence-corrected chi connectivity index (χ0v) is 11.8. The number of hydrogen-bond donors (Lipinski definition) is 0.